The SMILES string of the molecule is CN(C)c1ncc(CN2CC3CN(c4cc(C5CC5)ncn4)CC3C2)cn1. The van der Waals surface area contributed by atoms with Crippen molar-refractivity contribution in [1.82, 2.24) is 24.8 Å². The van der Waals surface area contributed by atoms with Gasteiger partial charge in [-0.25, -0.2) is 19.9 Å². The van der Waals surface area contributed by atoms with Crippen LogP contribution in [0.1, 0.15) is 30.0 Å². The van der Waals surface area contributed by atoms with E-state index in [0.717, 1.165) is 56.3 Å². The number of hydrogen-bond acceptors (Lipinski definition) is 7. The van der Waals surface area contributed by atoms with Crippen molar-refractivity contribution in [2.75, 3.05) is 50.1 Å². The number of hydrogen-bond donors (Lipinski definition) is 0. The third-order valence-corrected chi connectivity index (χ3v) is 6.05. The molecular weight excluding hydrogens is 338 g/mol. The minimum atomic E-state index is 0.686. The van der Waals surface area contributed by atoms with E-state index < -0.39 is 0 Å². The lowest BCUT2D eigenvalue weighted by Crippen LogP contribution is -2.29. The monoisotopic (exact) mass is 365 g/mol. The first kappa shape index (κ1) is 16.9. The topological polar surface area (TPSA) is 61.3 Å². The summed E-state index contributed by atoms with van der Waals surface area (Å²) in [5, 5.41) is 0. The first-order valence-electron chi connectivity index (χ1n) is 9.93. The van der Waals surface area contributed by atoms with Crippen molar-refractivity contribution in [3.05, 3.63) is 36.0 Å². The van der Waals surface area contributed by atoms with Gasteiger partial charge in [0.25, 0.3) is 0 Å². The molecule has 4 heterocycles. The molecule has 7 nitrogen and oxygen atoms in total. The van der Waals surface area contributed by atoms with Crippen LogP contribution in [0, 0.1) is 11.8 Å². The molecule has 3 aliphatic rings. The van der Waals surface area contributed by atoms with Crippen LogP contribution in [0.3, 0.4) is 0 Å². The van der Waals surface area contributed by atoms with Crippen LogP contribution in [0.25, 0.3) is 0 Å². The number of aromatic nitrogens is 4. The van der Waals surface area contributed by atoms with Crippen molar-refractivity contribution in [2.24, 2.45) is 11.8 Å². The number of rotatable bonds is 5. The molecule has 0 bridgehead atoms. The average Bonchev–Trinajstić information content (AvgIpc) is 3.35. The lowest BCUT2D eigenvalue weighted by atomic mass is 10.0. The molecule has 3 fully saturated rings. The zero-order chi connectivity index (χ0) is 18.4. The van der Waals surface area contributed by atoms with Gasteiger partial charge in [0.2, 0.25) is 5.95 Å². The Morgan fingerprint density at radius 2 is 1.67 bits per heavy atom. The van der Waals surface area contributed by atoms with Crippen LogP contribution < -0.4 is 9.80 Å². The van der Waals surface area contributed by atoms with Crippen LogP contribution in [0.5, 0.6) is 0 Å². The third kappa shape index (κ3) is 3.48. The van der Waals surface area contributed by atoms with E-state index in [0.29, 0.717) is 5.92 Å². The van der Waals surface area contributed by atoms with E-state index in [-0.39, 0.29) is 0 Å². The van der Waals surface area contributed by atoms with Gasteiger partial charge in [0.05, 0.1) is 0 Å². The highest BCUT2D eigenvalue weighted by atomic mass is 15.3. The van der Waals surface area contributed by atoms with Gasteiger partial charge in [-0.2, -0.15) is 0 Å². The maximum atomic E-state index is 4.55. The molecule has 0 N–H and O–H groups in total. The molecule has 5 rings (SSSR count). The zero-order valence-corrected chi connectivity index (χ0v) is 16.1. The number of fused-ring (bicyclic) bond motifs is 1. The molecule has 1 saturated carbocycles. The summed E-state index contributed by atoms with van der Waals surface area (Å²) in [7, 11) is 3.93. The fourth-order valence-electron chi connectivity index (χ4n) is 4.46. The Balaban J connectivity index is 1.19. The predicted octanol–water partition coefficient (Wildman–Crippen LogP) is 1.78. The minimum Gasteiger partial charge on any atom is -0.356 e. The molecule has 7 heteroatoms. The van der Waals surface area contributed by atoms with Gasteiger partial charge in [0, 0.05) is 82.5 Å². The maximum Gasteiger partial charge on any atom is 0.224 e. The average molecular weight is 365 g/mol. The molecule has 2 unspecified atom stereocenters. The van der Waals surface area contributed by atoms with Crippen molar-refractivity contribution in [3.8, 4) is 0 Å². The second-order valence-electron chi connectivity index (χ2n) is 8.48. The molecule has 0 aromatic carbocycles. The van der Waals surface area contributed by atoms with Crippen LogP contribution in [0.4, 0.5) is 11.8 Å². The van der Waals surface area contributed by atoms with Gasteiger partial charge in [-0.1, -0.05) is 0 Å². The molecular formula is C20H27N7. The van der Waals surface area contributed by atoms with Crippen LogP contribution >= 0.6 is 0 Å². The van der Waals surface area contributed by atoms with Crippen LogP contribution in [0.15, 0.2) is 24.8 Å². The summed E-state index contributed by atoms with van der Waals surface area (Å²) in [5.41, 5.74) is 2.43. The summed E-state index contributed by atoms with van der Waals surface area (Å²) < 4.78 is 0. The maximum absolute atomic E-state index is 4.55. The highest BCUT2D eigenvalue weighted by Gasteiger charge is 2.40. The summed E-state index contributed by atoms with van der Waals surface area (Å²) in [5.74, 6) is 4.03. The van der Waals surface area contributed by atoms with Crippen LogP contribution in [-0.2, 0) is 6.54 Å². The smallest absolute Gasteiger partial charge is 0.224 e. The van der Waals surface area contributed by atoms with E-state index in [1.807, 2.05) is 31.4 Å². The van der Waals surface area contributed by atoms with E-state index in [1.165, 1.54) is 24.1 Å². The van der Waals surface area contributed by atoms with Gasteiger partial charge >= 0.3 is 0 Å². The van der Waals surface area contributed by atoms with Crippen LogP contribution in [0.2, 0.25) is 0 Å². The van der Waals surface area contributed by atoms with Gasteiger partial charge in [-0.3, -0.25) is 4.90 Å². The van der Waals surface area contributed by atoms with E-state index in [1.54, 1.807) is 6.33 Å². The van der Waals surface area contributed by atoms with Gasteiger partial charge in [-0.15, -0.1) is 0 Å². The second-order valence-corrected chi connectivity index (χ2v) is 8.48. The van der Waals surface area contributed by atoms with Crippen LogP contribution in [-0.4, -0.2) is 65.1 Å². The van der Waals surface area contributed by atoms with Crippen molar-refractivity contribution < 1.29 is 0 Å². The minimum absolute atomic E-state index is 0.686. The Bertz CT molecular complexity index is 788. The van der Waals surface area contributed by atoms with Crippen molar-refractivity contribution >= 4 is 11.8 Å². The molecule has 2 saturated heterocycles. The first-order chi connectivity index (χ1) is 13.2. The van der Waals surface area contributed by atoms with Crippen molar-refractivity contribution in [1.29, 1.82) is 0 Å². The summed E-state index contributed by atoms with van der Waals surface area (Å²) in [6.45, 7) is 5.46. The molecule has 0 spiro atoms. The summed E-state index contributed by atoms with van der Waals surface area (Å²) >= 11 is 0. The molecule has 2 aromatic heterocycles. The fraction of sp³-hybridized carbons (Fsp3) is 0.600. The first-order valence-corrected chi connectivity index (χ1v) is 9.93. The van der Waals surface area contributed by atoms with E-state index >= 15 is 0 Å². The Morgan fingerprint density at radius 3 is 2.30 bits per heavy atom. The molecule has 1 aliphatic carbocycles. The molecule has 0 amide bonds. The largest absolute Gasteiger partial charge is 0.356 e. The standard InChI is InChI=1S/C20H27N7/c1-25(2)20-21-6-14(7-22-20)8-26-9-16-11-27(12-17(16)10-26)19-5-18(15-3-4-15)23-13-24-19/h5-7,13,15-17H,3-4,8-12H2,1-2H3. The highest BCUT2D eigenvalue weighted by molar-refractivity contribution is 5.42. The molecule has 2 aromatic rings. The summed E-state index contributed by atoms with van der Waals surface area (Å²) in [4.78, 5) is 24.8. The second kappa shape index (κ2) is 6.71. The number of likely N-dealkylation sites (tertiary alicyclic amines) is 1. The van der Waals surface area contributed by atoms with E-state index in [9.17, 15) is 0 Å². The molecule has 142 valence electrons. The lowest BCUT2D eigenvalue weighted by molar-refractivity contribution is 0.308. The van der Waals surface area contributed by atoms with Gasteiger partial charge in [0.1, 0.15) is 12.1 Å². The molecule has 2 atom stereocenters. The van der Waals surface area contributed by atoms with Gasteiger partial charge < -0.3 is 9.80 Å². The Morgan fingerprint density at radius 1 is 0.963 bits per heavy atom. The van der Waals surface area contributed by atoms with Gasteiger partial charge in [0.15, 0.2) is 0 Å². The Kier molecular flexibility index (Phi) is 4.19. The van der Waals surface area contributed by atoms with E-state index in [2.05, 4.69) is 35.8 Å². The van der Waals surface area contributed by atoms with Gasteiger partial charge in [-0.05, 0) is 24.7 Å². The number of anilines is 2. The number of nitrogens with zero attached hydrogens (tertiary/aromatic N) is 7. The highest BCUT2D eigenvalue weighted by Crippen LogP contribution is 2.40. The quantitative estimate of drug-likeness (QED) is 0.800. The zero-order valence-electron chi connectivity index (χ0n) is 16.1. The van der Waals surface area contributed by atoms with E-state index in [4.69, 9.17) is 0 Å². The van der Waals surface area contributed by atoms with Crippen molar-refractivity contribution in [3.63, 3.8) is 0 Å². The van der Waals surface area contributed by atoms with Crippen molar-refractivity contribution in [2.45, 2.75) is 25.3 Å². The predicted molar refractivity (Wildman–Crippen MR) is 105 cm³/mol. The Hall–Kier alpha value is -2.28. The lowest BCUT2D eigenvalue weighted by Gasteiger charge is -2.22. The Labute approximate surface area is 160 Å². The molecule has 27 heavy (non-hydrogen) atoms. The normalized spacial score (nSPS) is 25.0. The third-order valence-electron chi connectivity index (χ3n) is 6.05. The molecule has 2 aliphatic heterocycles. The molecule has 0 radical (unpaired) electrons. The fourth-order valence-corrected chi connectivity index (χ4v) is 4.46. The summed E-state index contributed by atoms with van der Waals surface area (Å²) in [6.07, 6.45) is 8.25. The summed E-state index contributed by atoms with van der Waals surface area (Å²) in [6, 6.07) is 2.22.